The molecule has 2 rings (SSSR count). The topological polar surface area (TPSA) is 100 Å². The third-order valence-corrected chi connectivity index (χ3v) is 4.42. The molecule has 1 saturated heterocycles. The number of nitrogens with one attached hydrogen (secondary N) is 1. The highest BCUT2D eigenvalue weighted by molar-refractivity contribution is 6.31. The van der Waals surface area contributed by atoms with Crippen LogP contribution in [0.25, 0.3) is 0 Å². The van der Waals surface area contributed by atoms with Gasteiger partial charge in [0, 0.05) is 29.7 Å². The molecule has 1 aromatic rings. The number of nitrogens with two attached hydrogens (primary N) is 1. The predicted molar refractivity (Wildman–Crippen MR) is 97.7 cm³/mol. The Kier molecular flexibility index (Phi) is 7.33. The number of hydrogen-bond donors (Lipinski definition) is 3. The SMILES string of the molecule is CCOC(=O)N1CCC(NC(N)=NCC(O)c2ccccc2Cl)CC1. The lowest BCUT2D eigenvalue weighted by Crippen LogP contribution is -2.48. The second kappa shape index (κ2) is 9.48. The molecule has 4 N–H and O–H groups in total. The van der Waals surface area contributed by atoms with Gasteiger partial charge in [0.05, 0.1) is 13.2 Å². The Bertz CT molecular complexity index is 603. The fraction of sp³-hybridized carbons (Fsp3) is 0.529. The van der Waals surface area contributed by atoms with Crippen LogP contribution in [-0.2, 0) is 4.74 Å². The van der Waals surface area contributed by atoms with Crippen molar-refractivity contribution in [1.29, 1.82) is 0 Å². The number of carbonyl (C=O) groups is 1. The minimum absolute atomic E-state index is 0.129. The lowest BCUT2D eigenvalue weighted by atomic mass is 10.1. The Balaban J connectivity index is 1.78. The number of piperidine rings is 1. The van der Waals surface area contributed by atoms with E-state index in [1.165, 1.54) is 0 Å². The van der Waals surface area contributed by atoms with E-state index in [0.29, 0.717) is 30.3 Å². The number of halogens is 1. The van der Waals surface area contributed by atoms with Gasteiger partial charge in [0.2, 0.25) is 0 Å². The molecule has 0 saturated carbocycles. The first kappa shape index (κ1) is 19.3. The number of ether oxygens (including phenoxy) is 1. The largest absolute Gasteiger partial charge is 0.450 e. The van der Waals surface area contributed by atoms with Gasteiger partial charge in [-0.05, 0) is 25.8 Å². The molecule has 138 valence electrons. The average Bonchev–Trinajstić information content (AvgIpc) is 2.61. The quantitative estimate of drug-likeness (QED) is 0.544. The Hall–Kier alpha value is -1.99. The molecule has 0 aliphatic carbocycles. The zero-order chi connectivity index (χ0) is 18.2. The Morgan fingerprint density at radius 2 is 2.16 bits per heavy atom. The molecule has 1 fully saturated rings. The van der Waals surface area contributed by atoms with Gasteiger partial charge in [0.25, 0.3) is 0 Å². The van der Waals surface area contributed by atoms with E-state index in [4.69, 9.17) is 22.1 Å². The van der Waals surface area contributed by atoms with Crippen molar-refractivity contribution in [3.63, 3.8) is 0 Å². The second-order valence-corrected chi connectivity index (χ2v) is 6.28. The molecule has 0 aromatic heterocycles. The molecule has 1 aliphatic rings. The van der Waals surface area contributed by atoms with Crippen molar-refractivity contribution < 1.29 is 14.6 Å². The first-order valence-corrected chi connectivity index (χ1v) is 8.79. The number of guanidine groups is 1. The number of rotatable bonds is 5. The maximum absolute atomic E-state index is 11.7. The highest BCUT2D eigenvalue weighted by Gasteiger charge is 2.23. The number of amides is 1. The van der Waals surface area contributed by atoms with E-state index in [-0.39, 0.29) is 24.6 Å². The molecule has 1 heterocycles. The molecule has 7 nitrogen and oxygen atoms in total. The predicted octanol–water partition coefficient (Wildman–Crippen LogP) is 1.90. The maximum Gasteiger partial charge on any atom is 0.409 e. The fourth-order valence-corrected chi connectivity index (χ4v) is 2.97. The number of nitrogens with zero attached hydrogens (tertiary/aromatic N) is 2. The first-order valence-electron chi connectivity index (χ1n) is 8.42. The molecule has 1 amide bonds. The summed E-state index contributed by atoms with van der Waals surface area (Å²) < 4.78 is 4.99. The monoisotopic (exact) mass is 368 g/mol. The number of hydrogen-bond acceptors (Lipinski definition) is 4. The minimum atomic E-state index is -0.806. The lowest BCUT2D eigenvalue weighted by Gasteiger charge is -2.31. The number of aliphatic hydroxyl groups is 1. The fourth-order valence-electron chi connectivity index (χ4n) is 2.70. The van der Waals surface area contributed by atoms with Gasteiger partial charge in [0.1, 0.15) is 6.10 Å². The molecule has 1 aromatic carbocycles. The van der Waals surface area contributed by atoms with Crippen LogP contribution in [0.4, 0.5) is 4.79 Å². The van der Waals surface area contributed by atoms with Crippen molar-refractivity contribution in [2.24, 2.45) is 10.7 Å². The number of carbonyl (C=O) groups excluding carboxylic acids is 1. The van der Waals surface area contributed by atoms with Crippen LogP contribution in [0.2, 0.25) is 5.02 Å². The number of aliphatic hydroxyl groups excluding tert-OH is 1. The summed E-state index contributed by atoms with van der Waals surface area (Å²) in [5.41, 5.74) is 6.53. The van der Waals surface area contributed by atoms with Gasteiger partial charge >= 0.3 is 6.09 Å². The van der Waals surface area contributed by atoms with Crippen LogP contribution in [0.5, 0.6) is 0 Å². The molecule has 1 unspecified atom stereocenters. The Labute approximate surface area is 152 Å². The van der Waals surface area contributed by atoms with E-state index < -0.39 is 6.10 Å². The summed E-state index contributed by atoms with van der Waals surface area (Å²) in [4.78, 5) is 17.5. The highest BCUT2D eigenvalue weighted by atomic mass is 35.5. The van der Waals surface area contributed by atoms with Crippen LogP contribution < -0.4 is 11.1 Å². The minimum Gasteiger partial charge on any atom is -0.450 e. The van der Waals surface area contributed by atoms with Crippen LogP contribution in [-0.4, -0.2) is 54.3 Å². The van der Waals surface area contributed by atoms with E-state index in [0.717, 1.165) is 12.8 Å². The molecular weight excluding hydrogens is 344 g/mol. The summed E-state index contributed by atoms with van der Waals surface area (Å²) in [6, 6.07) is 7.25. The zero-order valence-corrected chi connectivity index (χ0v) is 15.1. The summed E-state index contributed by atoms with van der Waals surface area (Å²) in [6.45, 7) is 3.53. The molecule has 0 radical (unpaired) electrons. The van der Waals surface area contributed by atoms with Gasteiger partial charge in [-0.15, -0.1) is 0 Å². The van der Waals surface area contributed by atoms with E-state index in [2.05, 4.69) is 10.3 Å². The molecule has 25 heavy (non-hydrogen) atoms. The maximum atomic E-state index is 11.7. The van der Waals surface area contributed by atoms with Crippen LogP contribution in [0, 0.1) is 0 Å². The smallest absolute Gasteiger partial charge is 0.409 e. The van der Waals surface area contributed by atoms with Crippen molar-refractivity contribution >= 4 is 23.7 Å². The molecular formula is C17H25ClN4O3. The van der Waals surface area contributed by atoms with Gasteiger partial charge < -0.3 is 25.8 Å². The molecule has 1 atom stereocenters. The van der Waals surface area contributed by atoms with E-state index in [1.807, 2.05) is 6.07 Å². The van der Waals surface area contributed by atoms with Crippen molar-refractivity contribution in [1.82, 2.24) is 10.2 Å². The summed E-state index contributed by atoms with van der Waals surface area (Å²) in [5, 5.41) is 13.8. The van der Waals surface area contributed by atoms with Gasteiger partial charge in [-0.2, -0.15) is 0 Å². The Morgan fingerprint density at radius 3 is 2.80 bits per heavy atom. The van der Waals surface area contributed by atoms with E-state index in [1.54, 1.807) is 30.0 Å². The van der Waals surface area contributed by atoms with Crippen LogP contribution in [0.15, 0.2) is 29.3 Å². The van der Waals surface area contributed by atoms with Gasteiger partial charge in [-0.3, -0.25) is 4.99 Å². The Morgan fingerprint density at radius 1 is 1.48 bits per heavy atom. The second-order valence-electron chi connectivity index (χ2n) is 5.87. The first-order chi connectivity index (χ1) is 12.0. The van der Waals surface area contributed by atoms with Gasteiger partial charge in [-0.1, -0.05) is 29.8 Å². The normalized spacial score (nSPS) is 17.2. The average molecular weight is 369 g/mol. The summed E-state index contributed by atoms with van der Waals surface area (Å²) in [6.07, 6.45) is 0.453. The molecule has 0 bridgehead atoms. The molecule has 8 heteroatoms. The number of aliphatic imine (C=N–C) groups is 1. The molecule has 1 aliphatic heterocycles. The zero-order valence-electron chi connectivity index (χ0n) is 14.3. The van der Waals surface area contributed by atoms with Crippen molar-refractivity contribution in [3.05, 3.63) is 34.9 Å². The summed E-state index contributed by atoms with van der Waals surface area (Å²) in [7, 11) is 0. The molecule has 0 spiro atoms. The van der Waals surface area contributed by atoms with Crippen molar-refractivity contribution in [2.75, 3.05) is 26.2 Å². The van der Waals surface area contributed by atoms with Crippen LogP contribution >= 0.6 is 11.6 Å². The standard InChI is InChI=1S/C17H25ClN4O3/c1-2-25-17(24)22-9-7-12(8-10-22)21-16(19)20-11-15(23)13-5-3-4-6-14(13)18/h3-6,12,15,23H,2,7-11H2,1H3,(H3,19,20,21). The van der Waals surface area contributed by atoms with Crippen molar-refractivity contribution in [2.45, 2.75) is 31.9 Å². The van der Waals surface area contributed by atoms with Crippen molar-refractivity contribution in [3.8, 4) is 0 Å². The van der Waals surface area contributed by atoms with Gasteiger partial charge in [0.15, 0.2) is 5.96 Å². The number of benzene rings is 1. The van der Waals surface area contributed by atoms with Crippen LogP contribution in [0.3, 0.4) is 0 Å². The third-order valence-electron chi connectivity index (χ3n) is 4.07. The highest BCUT2D eigenvalue weighted by Crippen LogP contribution is 2.22. The lowest BCUT2D eigenvalue weighted by molar-refractivity contribution is 0.0963. The summed E-state index contributed by atoms with van der Waals surface area (Å²) in [5.74, 6) is 0.278. The number of likely N-dealkylation sites (tertiary alicyclic amines) is 1. The van der Waals surface area contributed by atoms with Crippen LogP contribution in [0.1, 0.15) is 31.4 Å². The van der Waals surface area contributed by atoms with E-state index >= 15 is 0 Å². The third kappa shape index (κ3) is 5.79. The summed E-state index contributed by atoms with van der Waals surface area (Å²) >= 11 is 6.05. The van der Waals surface area contributed by atoms with E-state index in [9.17, 15) is 9.90 Å². The van der Waals surface area contributed by atoms with Gasteiger partial charge in [-0.25, -0.2) is 4.79 Å².